The maximum Gasteiger partial charge on any atom is 0.246 e. The van der Waals surface area contributed by atoms with E-state index in [-0.39, 0.29) is 4.90 Å². The molecule has 1 aromatic carbocycles. The Morgan fingerprint density at radius 3 is 2.54 bits per heavy atom. The topological polar surface area (TPSA) is 93.9 Å². The van der Waals surface area contributed by atoms with E-state index in [0.717, 1.165) is 11.1 Å². The molecule has 0 atom stereocenters. The zero-order chi connectivity index (χ0) is 19.9. The van der Waals surface area contributed by atoms with E-state index in [9.17, 15) is 13.2 Å². The van der Waals surface area contributed by atoms with E-state index in [1.165, 1.54) is 0 Å². The van der Waals surface area contributed by atoms with Gasteiger partial charge in [0.05, 0.1) is 22.5 Å². The summed E-state index contributed by atoms with van der Waals surface area (Å²) in [6.45, 7) is 1.87. The molecule has 1 aliphatic carbocycles. The second kappa shape index (κ2) is 6.70. The van der Waals surface area contributed by atoms with E-state index in [1.807, 2.05) is 6.92 Å². The van der Waals surface area contributed by atoms with Gasteiger partial charge in [0, 0.05) is 12.4 Å². The minimum atomic E-state index is -3.82. The number of carbonyl (C=O) groups is 1. The van der Waals surface area contributed by atoms with Crippen LogP contribution in [0.15, 0.2) is 47.5 Å². The van der Waals surface area contributed by atoms with Crippen molar-refractivity contribution in [2.45, 2.75) is 42.2 Å². The first-order valence-electron chi connectivity index (χ1n) is 9.26. The average molecular weight is 398 g/mol. The van der Waals surface area contributed by atoms with E-state index in [1.54, 1.807) is 54.3 Å². The Hall–Kier alpha value is -2.74. The molecule has 0 spiro atoms. The van der Waals surface area contributed by atoms with Crippen molar-refractivity contribution in [1.82, 2.24) is 14.8 Å². The molecule has 3 aromatic rings. The molecule has 1 N–H and O–H groups in total. The predicted octanol–water partition coefficient (Wildman–Crippen LogP) is 3.00. The molecule has 1 saturated carbocycles. The summed E-state index contributed by atoms with van der Waals surface area (Å²) in [6.07, 6.45) is 3.59. The number of fused-ring (bicyclic) bond motifs is 1. The number of benzene rings is 1. The fourth-order valence-corrected chi connectivity index (χ4v) is 6.10. The third-order valence-electron chi connectivity index (χ3n) is 5.51. The van der Waals surface area contributed by atoms with Gasteiger partial charge in [-0.15, -0.1) is 0 Å². The lowest BCUT2D eigenvalue weighted by Gasteiger charge is -2.27. The molecule has 1 aliphatic rings. The SMILES string of the molecule is Cc1nn(C)c2ncc(NC(=O)C3(S(=O)(=O)c4ccccc4)CCCC3)cc12. The fourth-order valence-electron chi connectivity index (χ4n) is 4.01. The third kappa shape index (κ3) is 2.79. The first-order valence-corrected chi connectivity index (χ1v) is 10.7. The van der Waals surface area contributed by atoms with Crippen LogP contribution in [-0.4, -0.2) is 33.8 Å². The molecular weight excluding hydrogens is 376 g/mol. The van der Waals surface area contributed by atoms with E-state index < -0.39 is 20.5 Å². The number of nitrogens with zero attached hydrogens (tertiary/aromatic N) is 3. The lowest BCUT2D eigenvalue weighted by molar-refractivity contribution is -0.118. The van der Waals surface area contributed by atoms with Crippen LogP contribution in [-0.2, 0) is 21.7 Å². The van der Waals surface area contributed by atoms with Gasteiger partial charge in [-0.05, 0) is 38.0 Å². The second-order valence-corrected chi connectivity index (χ2v) is 9.54. The Balaban J connectivity index is 1.71. The number of hydrogen-bond acceptors (Lipinski definition) is 5. The molecule has 2 aromatic heterocycles. The van der Waals surface area contributed by atoms with Crippen molar-refractivity contribution in [3.05, 3.63) is 48.3 Å². The number of hydrogen-bond donors (Lipinski definition) is 1. The van der Waals surface area contributed by atoms with Crippen LogP contribution >= 0.6 is 0 Å². The van der Waals surface area contributed by atoms with E-state index in [2.05, 4.69) is 15.4 Å². The van der Waals surface area contributed by atoms with Gasteiger partial charge in [0.25, 0.3) is 0 Å². The highest BCUT2D eigenvalue weighted by Crippen LogP contribution is 2.41. The van der Waals surface area contributed by atoms with Gasteiger partial charge >= 0.3 is 0 Å². The summed E-state index contributed by atoms with van der Waals surface area (Å²) in [5.41, 5.74) is 1.99. The normalized spacial score (nSPS) is 16.4. The van der Waals surface area contributed by atoms with Crippen LogP contribution in [0.5, 0.6) is 0 Å². The van der Waals surface area contributed by atoms with Gasteiger partial charge in [0.15, 0.2) is 20.2 Å². The molecule has 4 rings (SSSR count). The maximum atomic E-state index is 13.4. The van der Waals surface area contributed by atoms with Gasteiger partial charge in [-0.25, -0.2) is 13.4 Å². The number of anilines is 1. The molecule has 0 unspecified atom stereocenters. The zero-order valence-electron chi connectivity index (χ0n) is 15.8. The Kier molecular flexibility index (Phi) is 4.45. The highest BCUT2D eigenvalue weighted by molar-refractivity contribution is 7.93. The number of nitrogens with one attached hydrogen (secondary N) is 1. The first kappa shape index (κ1) is 18.6. The summed E-state index contributed by atoms with van der Waals surface area (Å²) >= 11 is 0. The molecule has 0 radical (unpaired) electrons. The Labute approximate surface area is 163 Å². The minimum absolute atomic E-state index is 0.184. The molecule has 146 valence electrons. The smallest absolute Gasteiger partial charge is 0.246 e. The largest absolute Gasteiger partial charge is 0.323 e. The van der Waals surface area contributed by atoms with E-state index in [4.69, 9.17) is 0 Å². The number of pyridine rings is 1. The van der Waals surface area contributed by atoms with Crippen LogP contribution in [0.1, 0.15) is 31.4 Å². The van der Waals surface area contributed by atoms with Crippen molar-refractivity contribution in [3.63, 3.8) is 0 Å². The van der Waals surface area contributed by atoms with Crippen LogP contribution in [0.25, 0.3) is 11.0 Å². The van der Waals surface area contributed by atoms with Crippen molar-refractivity contribution < 1.29 is 13.2 Å². The number of carbonyl (C=O) groups excluding carboxylic acids is 1. The maximum absolute atomic E-state index is 13.4. The molecule has 28 heavy (non-hydrogen) atoms. The Morgan fingerprint density at radius 2 is 1.86 bits per heavy atom. The Bertz CT molecular complexity index is 1150. The van der Waals surface area contributed by atoms with Crippen molar-refractivity contribution in [3.8, 4) is 0 Å². The number of aryl methyl sites for hydroxylation is 2. The van der Waals surface area contributed by atoms with Gasteiger partial charge in [0.1, 0.15) is 0 Å². The first-order chi connectivity index (χ1) is 13.3. The minimum Gasteiger partial charge on any atom is -0.323 e. The van der Waals surface area contributed by atoms with Gasteiger partial charge in [-0.1, -0.05) is 31.0 Å². The van der Waals surface area contributed by atoms with Gasteiger partial charge < -0.3 is 5.32 Å². The van der Waals surface area contributed by atoms with Crippen LogP contribution in [0.2, 0.25) is 0 Å². The second-order valence-electron chi connectivity index (χ2n) is 7.28. The standard InChI is InChI=1S/C20H22N4O3S/c1-14-17-12-15(13-21-18(17)24(2)23-14)22-19(25)20(10-6-7-11-20)28(26,27)16-8-4-3-5-9-16/h3-5,8-9,12-13H,6-7,10-11H2,1-2H3,(H,22,25). The number of rotatable bonds is 4. The molecule has 0 saturated heterocycles. The number of sulfone groups is 1. The molecular formula is C20H22N4O3S. The molecule has 0 bridgehead atoms. The summed E-state index contributed by atoms with van der Waals surface area (Å²) in [6, 6.07) is 10.0. The van der Waals surface area contributed by atoms with Gasteiger partial charge in [-0.2, -0.15) is 5.10 Å². The fraction of sp³-hybridized carbons (Fsp3) is 0.350. The molecule has 2 heterocycles. The van der Waals surface area contributed by atoms with Crippen molar-refractivity contribution >= 4 is 32.5 Å². The monoisotopic (exact) mass is 398 g/mol. The summed E-state index contributed by atoms with van der Waals surface area (Å²) in [4.78, 5) is 17.8. The van der Waals surface area contributed by atoms with Crippen molar-refractivity contribution in [2.75, 3.05) is 5.32 Å². The summed E-state index contributed by atoms with van der Waals surface area (Å²) in [5.74, 6) is -0.489. The summed E-state index contributed by atoms with van der Waals surface area (Å²) < 4.78 is 27.0. The van der Waals surface area contributed by atoms with Crippen LogP contribution in [0.4, 0.5) is 5.69 Å². The number of aromatic nitrogens is 3. The van der Waals surface area contributed by atoms with Crippen LogP contribution in [0.3, 0.4) is 0 Å². The molecule has 8 heteroatoms. The average Bonchev–Trinajstić information content (AvgIpc) is 3.29. The van der Waals surface area contributed by atoms with Crippen LogP contribution in [0, 0.1) is 6.92 Å². The quantitative estimate of drug-likeness (QED) is 0.729. The molecule has 0 aliphatic heterocycles. The molecule has 7 nitrogen and oxygen atoms in total. The molecule has 1 fully saturated rings. The van der Waals surface area contributed by atoms with Crippen molar-refractivity contribution in [2.24, 2.45) is 7.05 Å². The summed E-state index contributed by atoms with van der Waals surface area (Å²) in [5, 5.41) is 7.96. The Morgan fingerprint density at radius 1 is 1.18 bits per heavy atom. The van der Waals surface area contributed by atoms with Crippen LogP contribution < -0.4 is 5.32 Å². The molecule has 1 amide bonds. The lowest BCUT2D eigenvalue weighted by Crippen LogP contribution is -2.47. The predicted molar refractivity (Wildman–Crippen MR) is 107 cm³/mol. The lowest BCUT2D eigenvalue weighted by atomic mass is 10.1. The summed E-state index contributed by atoms with van der Waals surface area (Å²) in [7, 11) is -2.01. The van der Waals surface area contributed by atoms with E-state index >= 15 is 0 Å². The van der Waals surface area contributed by atoms with E-state index in [0.29, 0.717) is 37.0 Å². The number of amides is 1. The highest BCUT2D eigenvalue weighted by Gasteiger charge is 2.52. The van der Waals surface area contributed by atoms with Gasteiger partial charge in [0.2, 0.25) is 5.91 Å². The third-order valence-corrected chi connectivity index (χ3v) is 8.03. The zero-order valence-corrected chi connectivity index (χ0v) is 16.7. The highest BCUT2D eigenvalue weighted by atomic mass is 32.2. The van der Waals surface area contributed by atoms with Crippen molar-refractivity contribution in [1.29, 1.82) is 0 Å². The van der Waals surface area contributed by atoms with Gasteiger partial charge in [-0.3, -0.25) is 9.48 Å².